The Morgan fingerprint density at radius 3 is 2.95 bits per heavy atom. The Kier molecular flexibility index (Phi) is 3.49. The van der Waals surface area contributed by atoms with Crippen LogP contribution in [0.4, 0.5) is 0 Å². The zero-order chi connectivity index (χ0) is 13.9. The highest BCUT2D eigenvalue weighted by Crippen LogP contribution is 2.29. The Labute approximate surface area is 123 Å². The summed E-state index contributed by atoms with van der Waals surface area (Å²) < 4.78 is 6.38. The Hall–Kier alpha value is -2.18. The van der Waals surface area contributed by atoms with Crippen LogP contribution in [-0.4, -0.2) is 12.2 Å². The molecule has 100 valence electrons. The molecule has 0 radical (unpaired) electrons. The third-order valence-electron chi connectivity index (χ3n) is 2.65. The number of carbonyl (C=O) groups excluding carboxylic acids is 1. The van der Waals surface area contributed by atoms with Crippen LogP contribution < -0.4 is 10.6 Å². The van der Waals surface area contributed by atoms with Crippen LogP contribution >= 0.6 is 22.7 Å². The minimum atomic E-state index is -0.334. The molecule has 0 spiro atoms. The zero-order valence-corrected chi connectivity index (χ0v) is 11.9. The van der Waals surface area contributed by atoms with E-state index in [0.29, 0.717) is 10.6 Å². The Morgan fingerprint density at radius 1 is 1.30 bits per heavy atom. The molecule has 0 fully saturated rings. The lowest BCUT2D eigenvalue weighted by molar-refractivity contribution is 0.0740. The monoisotopic (exact) mass is 302 g/mol. The maximum Gasteiger partial charge on any atom is 0.353 e. The number of nitrogens with zero attached hydrogens (tertiary/aromatic N) is 1. The lowest BCUT2D eigenvalue weighted by Gasteiger charge is -2.02. The Morgan fingerprint density at radius 2 is 2.20 bits per heavy atom. The van der Waals surface area contributed by atoms with Gasteiger partial charge in [-0.05, 0) is 41.1 Å². The highest BCUT2D eigenvalue weighted by atomic mass is 32.1. The summed E-state index contributed by atoms with van der Waals surface area (Å²) in [5, 5.41) is 6.42. The number of hydrogen-bond acceptors (Lipinski definition) is 6. The first-order valence-corrected chi connectivity index (χ1v) is 7.48. The molecule has 0 aliphatic carbocycles. The molecule has 6 heteroatoms. The van der Waals surface area contributed by atoms with Crippen molar-refractivity contribution in [1.29, 1.82) is 0 Å². The number of thiophene rings is 2. The van der Waals surface area contributed by atoms with Crippen LogP contribution in [0.25, 0.3) is 10.1 Å². The van der Waals surface area contributed by atoms with Gasteiger partial charge in [0, 0.05) is 9.58 Å². The topological polar surface area (TPSA) is 64.7 Å². The fraction of sp³-hybridized carbons (Fsp3) is 0. The van der Waals surface area contributed by atoms with Gasteiger partial charge in [0.2, 0.25) is 0 Å². The second kappa shape index (κ2) is 5.44. The first-order chi connectivity index (χ1) is 9.76. The van der Waals surface area contributed by atoms with E-state index in [4.69, 9.17) is 10.6 Å². The van der Waals surface area contributed by atoms with Crippen LogP contribution in [0.1, 0.15) is 14.5 Å². The largest absolute Gasteiger partial charge is 0.422 e. The Balaban J connectivity index is 1.87. The maximum absolute atomic E-state index is 11.9. The van der Waals surface area contributed by atoms with E-state index in [1.807, 2.05) is 29.6 Å². The lowest BCUT2D eigenvalue weighted by Crippen LogP contribution is -2.05. The standard InChI is InChI=1S/C14H10N2O2S2/c15-16-8-11-6-9-3-4-10(7-13(9)20-11)18-14(17)12-2-1-5-19-12/h1-8H,15H2/b16-8+. The second-order valence-electron chi connectivity index (χ2n) is 3.99. The quantitative estimate of drug-likeness (QED) is 0.265. The first-order valence-electron chi connectivity index (χ1n) is 5.79. The number of esters is 1. The van der Waals surface area contributed by atoms with E-state index in [1.165, 1.54) is 11.3 Å². The summed E-state index contributed by atoms with van der Waals surface area (Å²) in [5.74, 6) is 5.34. The van der Waals surface area contributed by atoms with Crippen molar-refractivity contribution in [2.45, 2.75) is 0 Å². The molecule has 0 atom stereocenters. The Bertz CT molecular complexity index is 776. The lowest BCUT2D eigenvalue weighted by atomic mass is 10.2. The van der Waals surface area contributed by atoms with E-state index in [9.17, 15) is 4.79 Å². The number of rotatable bonds is 3. The number of fused-ring (bicyclic) bond motifs is 1. The van der Waals surface area contributed by atoms with Gasteiger partial charge in [-0.3, -0.25) is 0 Å². The summed E-state index contributed by atoms with van der Waals surface area (Å²) in [7, 11) is 0. The number of carbonyl (C=O) groups is 1. The number of hydrazone groups is 1. The fourth-order valence-electron chi connectivity index (χ4n) is 1.78. The van der Waals surface area contributed by atoms with Crippen molar-refractivity contribution in [2.24, 2.45) is 10.9 Å². The molecule has 0 amide bonds. The van der Waals surface area contributed by atoms with Crippen molar-refractivity contribution in [3.05, 3.63) is 51.5 Å². The summed E-state index contributed by atoms with van der Waals surface area (Å²) in [4.78, 5) is 13.4. The van der Waals surface area contributed by atoms with Gasteiger partial charge in [0.1, 0.15) is 10.6 Å². The molecule has 2 heterocycles. The minimum Gasteiger partial charge on any atom is -0.422 e. The van der Waals surface area contributed by atoms with Gasteiger partial charge in [-0.1, -0.05) is 6.07 Å². The van der Waals surface area contributed by atoms with Crippen LogP contribution in [0.3, 0.4) is 0 Å². The average molecular weight is 302 g/mol. The molecule has 4 nitrogen and oxygen atoms in total. The SMILES string of the molecule is N/N=C/c1cc2ccc(OC(=O)c3cccs3)cc2s1. The van der Waals surface area contributed by atoms with Gasteiger partial charge >= 0.3 is 5.97 Å². The van der Waals surface area contributed by atoms with Gasteiger partial charge < -0.3 is 10.6 Å². The molecule has 0 saturated carbocycles. The van der Waals surface area contributed by atoms with Crippen LogP contribution in [-0.2, 0) is 0 Å². The predicted octanol–water partition coefficient (Wildman–Crippen LogP) is 3.47. The van der Waals surface area contributed by atoms with E-state index >= 15 is 0 Å². The second-order valence-corrected chi connectivity index (χ2v) is 6.06. The smallest absolute Gasteiger partial charge is 0.353 e. The molecule has 0 saturated heterocycles. The number of nitrogens with two attached hydrogens (primary N) is 1. The van der Waals surface area contributed by atoms with Gasteiger partial charge in [0.25, 0.3) is 0 Å². The van der Waals surface area contributed by atoms with E-state index < -0.39 is 0 Å². The normalized spacial score (nSPS) is 11.2. The van der Waals surface area contributed by atoms with Crippen molar-refractivity contribution in [2.75, 3.05) is 0 Å². The molecule has 2 N–H and O–H groups in total. The third kappa shape index (κ3) is 2.56. The molecule has 0 aliphatic rings. The van der Waals surface area contributed by atoms with Crippen molar-refractivity contribution in [1.82, 2.24) is 0 Å². The molecule has 3 rings (SSSR count). The third-order valence-corrected chi connectivity index (χ3v) is 4.53. The molecular weight excluding hydrogens is 292 g/mol. The molecule has 0 unspecified atom stereocenters. The molecule has 0 bridgehead atoms. The molecule has 0 aliphatic heterocycles. The van der Waals surface area contributed by atoms with Gasteiger partial charge in [-0.15, -0.1) is 22.7 Å². The number of ether oxygens (including phenoxy) is 1. The highest BCUT2D eigenvalue weighted by molar-refractivity contribution is 7.20. The van der Waals surface area contributed by atoms with E-state index in [1.54, 1.807) is 29.7 Å². The summed E-state index contributed by atoms with van der Waals surface area (Å²) in [6.45, 7) is 0. The summed E-state index contributed by atoms with van der Waals surface area (Å²) in [5.41, 5.74) is 0. The van der Waals surface area contributed by atoms with Crippen molar-refractivity contribution in [3.8, 4) is 5.75 Å². The number of benzene rings is 1. The predicted molar refractivity (Wildman–Crippen MR) is 82.9 cm³/mol. The first kappa shape index (κ1) is 12.8. The van der Waals surface area contributed by atoms with E-state index in [0.717, 1.165) is 15.0 Å². The maximum atomic E-state index is 11.9. The van der Waals surface area contributed by atoms with Crippen molar-refractivity contribution >= 4 is 44.9 Å². The molecule has 3 aromatic rings. The molecule has 20 heavy (non-hydrogen) atoms. The summed E-state index contributed by atoms with van der Waals surface area (Å²) in [6, 6.07) is 11.1. The van der Waals surface area contributed by atoms with Crippen molar-refractivity contribution in [3.63, 3.8) is 0 Å². The van der Waals surface area contributed by atoms with Crippen LogP contribution in [0.15, 0.2) is 46.9 Å². The average Bonchev–Trinajstić information content (AvgIpc) is 3.07. The van der Waals surface area contributed by atoms with Crippen LogP contribution in [0.5, 0.6) is 5.75 Å². The molecule has 2 aromatic heterocycles. The van der Waals surface area contributed by atoms with Gasteiger partial charge in [0.15, 0.2) is 0 Å². The summed E-state index contributed by atoms with van der Waals surface area (Å²) in [6.07, 6.45) is 1.60. The summed E-state index contributed by atoms with van der Waals surface area (Å²) >= 11 is 2.90. The van der Waals surface area contributed by atoms with Gasteiger partial charge in [0.05, 0.1) is 6.21 Å². The van der Waals surface area contributed by atoms with Crippen LogP contribution in [0.2, 0.25) is 0 Å². The highest BCUT2D eigenvalue weighted by Gasteiger charge is 2.10. The van der Waals surface area contributed by atoms with E-state index in [2.05, 4.69) is 5.10 Å². The van der Waals surface area contributed by atoms with Crippen molar-refractivity contribution < 1.29 is 9.53 Å². The van der Waals surface area contributed by atoms with Crippen LogP contribution in [0, 0.1) is 0 Å². The van der Waals surface area contributed by atoms with Gasteiger partial charge in [-0.2, -0.15) is 5.10 Å². The van der Waals surface area contributed by atoms with E-state index in [-0.39, 0.29) is 5.97 Å². The zero-order valence-electron chi connectivity index (χ0n) is 10.3. The fourth-order valence-corrected chi connectivity index (χ4v) is 3.36. The minimum absolute atomic E-state index is 0.334. The number of hydrogen-bond donors (Lipinski definition) is 1. The van der Waals surface area contributed by atoms with Gasteiger partial charge in [-0.25, -0.2) is 4.79 Å². The molecular formula is C14H10N2O2S2. The molecule has 1 aromatic carbocycles.